The summed E-state index contributed by atoms with van der Waals surface area (Å²) < 4.78 is 1.10. The highest BCUT2D eigenvalue weighted by molar-refractivity contribution is 9.10. The molecule has 0 radical (unpaired) electrons. The highest BCUT2D eigenvalue weighted by Crippen LogP contribution is 2.31. The summed E-state index contributed by atoms with van der Waals surface area (Å²) in [5, 5.41) is 1.19. The van der Waals surface area contributed by atoms with E-state index in [2.05, 4.69) is 81.8 Å². The van der Waals surface area contributed by atoms with Crippen molar-refractivity contribution in [2.24, 2.45) is 0 Å². The Morgan fingerprint density at radius 2 is 1.70 bits per heavy atom. The number of halogens is 1. The Bertz CT molecular complexity index is 962. The Kier molecular flexibility index (Phi) is 5.04. The van der Waals surface area contributed by atoms with Gasteiger partial charge in [-0.1, -0.05) is 29.8 Å². The summed E-state index contributed by atoms with van der Waals surface area (Å²) in [7, 11) is 0. The number of nitrogens with zero attached hydrogens (tertiary/aromatic N) is 4. The second-order valence-corrected chi connectivity index (χ2v) is 8.47. The third kappa shape index (κ3) is 3.79. The van der Waals surface area contributed by atoms with Gasteiger partial charge in [0, 0.05) is 42.2 Å². The van der Waals surface area contributed by atoms with E-state index in [1.165, 1.54) is 16.5 Å². The molecular weight excluding hydrogens is 400 g/mol. The van der Waals surface area contributed by atoms with Crippen LogP contribution in [0, 0.1) is 6.92 Å². The second kappa shape index (κ2) is 7.47. The predicted octanol–water partition coefficient (Wildman–Crippen LogP) is 5.15. The highest BCUT2D eigenvalue weighted by Gasteiger charge is 2.22. The average Bonchev–Trinajstić information content (AvgIpc) is 2.67. The molecule has 0 aliphatic carbocycles. The average molecular weight is 425 g/mol. The van der Waals surface area contributed by atoms with Gasteiger partial charge in [-0.05, 0) is 60.4 Å². The van der Waals surface area contributed by atoms with E-state index >= 15 is 0 Å². The smallest absolute Gasteiger partial charge is 0.132 e. The first-order chi connectivity index (χ1) is 13.0. The van der Waals surface area contributed by atoms with Gasteiger partial charge < -0.3 is 9.80 Å². The molecule has 0 bridgehead atoms. The molecule has 4 nitrogen and oxygen atoms in total. The van der Waals surface area contributed by atoms with E-state index in [0.29, 0.717) is 5.92 Å². The number of aromatic nitrogens is 2. The second-order valence-electron chi connectivity index (χ2n) is 7.56. The Balaban J connectivity index is 1.61. The molecule has 0 atom stereocenters. The summed E-state index contributed by atoms with van der Waals surface area (Å²) in [5.41, 5.74) is 3.63. The third-order valence-electron chi connectivity index (χ3n) is 5.21. The maximum Gasteiger partial charge on any atom is 0.132 e. The number of rotatable bonds is 3. The lowest BCUT2D eigenvalue weighted by atomic mass is 10.0. The lowest BCUT2D eigenvalue weighted by Gasteiger charge is -2.37. The van der Waals surface area contributed by atoms with Crippen LogP contribution in [-0.4, -0.2) is 36.1 Å². The van der Waals surface area contributed by atoms with Gasteiger partial charge in [-0.15, -0.1) is 0 Å². The van der Waals surface area contributed by atoms with Crippen LogP contribution in [0.15, 0.2) is 47.1 Å². The van der Waals surface area contributed by atoms with Crippen LogP contribution in [0.3, 0.4) is 0 Å². The van der Waals surface area contributed by atoms with Crippen molar-refractivity contribution in [2.45, 2.75) is 26.7 Å². The number of aryl methyl sites for hydroxylation is 1. The van der Waals surface area contributed by atoms with Crippen molar-refractivity contribution in [1.29, 1.82) is 0 Å². The maximum absolute atomic E-state index is 5.04. The van der Waals surface area contributed by atoms with Crippen LogP contribution in [0.25, 0.3) is 10.9 Å². The molecule has 27 heavy (non-hydrogen) atoms. The van der Waals surface area contributed by atoms with E-state index < -0.39 is 0 Å². The molecule has 0 saturated carbocycles. The van der Waals surface area contributed by atoms with Crippen molar-refractivity contribution in [3.63, 3.8) is 0 Å². The maximum atomic E-state index is 5.04. The van der Waals surface area contributed by atoms with E-state index in [-0.39, 0.29) is 0 Å². The first-order valence-electron chi connectivity index (χ1n) is 9.54. The molecule has 0 N–H and O–H groups in total. The molecule has 3 aromatic rings. The van der Waals surface area contributed by atoms with Crippen molar-refractivity contribution in [3.8, 4) is 0 Å². The zero-order valence-electron chi connectivity index (χ0n) is 16.1. The summed E-state index contributed by atoms with van der Waals surface area (Å²) in [6, 6.07) is 12.8. The van der Waals surface area contributed by atoms with Gasteiger partial charge in [0.2, 0.25) is 0 Å². The van der Waals surface area contributed by atoms with Gasteiger partial charge in [-0.3, -0.25) is 0 Å². The fraction of sp³-hybridized carbons (Fsp3) is 0.364. The SMILES string of the molecule is Cc1ccnc(N2CCN(c3nc4ccc(Br)cc4cc3C(C)C)CC2)c1. The van der Waals surface area contributed by atoms with Crippen molar-refractivity contribution < 1.29 is 0 Å². The van der Waals surface area contributed by atoms with E-state index in [0.717, 1.165) is 47.8 Å². The van der Waals surface area contributed by atoms with Crippen LogP contribution < -0.4 is 9.80 Å². The first-order valence-corrected chi connectivity index (χ1v) is 10.3. The molecule has 0 amide bonds. The van der Waals surface area contributed by atoms with Gasteiger partial charge >= 0.3 is 0 Å². The standard InChI is InChI=1S/C22H25BrN4/c1-15(2)19-14-17-13-18(23)4-5-20(17)25-22(19)27-10-8-26(9-11-27)21-12-16(3)6-7-24-21/h4-7,12-15H,8-11H2,1-3H3. The quantitative estimate of drug-likeness (QED) is 0.581. The van der Waals surface area contributed by atoms with Gasteiger partial charge in [0.05, 0.1) is 5.52 Å². The number of anilines is 2. The Morgan fingerprint density at radius 1 is 0.963 bits per heavy atom. The number of piperazine rings is 1. The topological polar surface area (TPSA) is 32.3 Å². The van der Waals surface area contributed by atoms with Crippen LogP contribution in [-0.2, 0) is 0 Å². The molecule has 2 aromatic heterocycles. The van der Waals surface area contributed by atoms with Crippen molar-refractivity contribution in [2.75, 3.05) is 36.0 Å². The van der Waals surface area contributed by atoms with Crippen molar-refractivity contribution in [3.05, 3.63) is 58.2 Å². The normalized spacial score (nSPS) is 15.0. The van der Waals surface area contributed by atoms with Gasteiger partial charge in [-0.2, -0.15) is 0 Å². The van der Waals surface area contributed by atoms with Gasteiger partial charge in [0.15, 0.2) is 0 Å². The largest absolute Gasteiger partial charge is 0.353 e. The van der Waals surface area contributed by atoms with Crippen molar-refractivity contribution in [1.82, 2.24) is 9.97 Å². The van der Waals surface area contributed by atoms with Crippen LogP contribution >= 0.6 is 15.9 Å². The van der Waals surface area contributed by atoms with Crippen molar-refractivity contribution >= 4 is 38.5 Å². The van der Waals surface area contributed by atoms with E-state index in [4.69, 9.17) is 4.98 Å². The molecule has 1 aliphatic heterocycles. The summed E-state index contributed by atoms with van der Waals surface area (Å²) >= 11 is 3.57. The molecule has 5 heteroatoms. The summed E-state index contributed by atoms with van der Waals surface area (Å²) in [5.74, 6) is 2.65. The van der Waals surface area contributed by atoms with Crippen LogP contribution in [0.4, 0.5) is 11.6 Å². The third-order valence-corrected chi connectivity index (χ3v) is 5.70. The van der Waals surface area contributed by atoms with Gasteiger partial charge in [0.25, 0.3) is 0 Å². The highest BCUT2D eigenvalue weighted by atomic mass is 79.9. The number of benzene rings is 1. The molecule has 140 valence electrons. The number of fused-ring (bicyclic) bond motifs is 1. The Morgan fingerprint density at radius 3 is 2.41 bits per heavy atom. The Labute approximate surface area is 169 Å². The minimum Gasteiger partial charge on any atom is -0.353 e. The zero-order valence-corrected chi connectivity index (χ0v) is 17.7. The monoisotopic (exact) mass is 424 g/mol. The molecule has 0 spiro atoms. The number of pyridine rings is 2. The lowest BCUT2D eigenvalue weighted by Crippen LogP contribution is -2.47. The van der Waals surface area contributed by atoms with Crippen LogP contribution in [0.1, 0.15) is 30.9 Å². The minimum atomic E-state index is 0.437. The van der Waals surface area contributed by atoms with E-state index in [1.54, 1.807) is 0 Å². The molecular formula is C22H25BrN4. The summed E-state index contributed by atoms with van der Waals surface area (Å²) in [6.07, 6.45) is 1.90. The van der Waals surface area contributed by atoms with Gasteiger partial charge in [0.1, 0.15) is 11.6 Å². The predicted molar refractivity (Wildman–Crippen MR) is 117 cm³/mol. The molecule has 1 saturated heterocycles. The van der Waals surface area contributed by atoms with E-state index in [1.807, 2.05) is 12.3 Å². The zero-order chi connectivity index (χ0) is 19.0. The Hall–Kier alpha value is -2.14. The summed E-state index contributed by atoms with van der Waals surface area (Å²) in [6.45, 7) is 10.5. The van der Waals surface area contributed by atoms with Crippen LogP contribution in [0.5, 0.6) is 0 Å². The lowest BCUT2D eigenvalue weighted by molar-refractivity contribution is 0.637. The first kappa shape index (κ1) is 18.2. The minimum absolute atomic E-state index is 0.437. The fourth-order valence-corrected chi connectivity index (χ4v) is 4.05. The van der Waals surface area contributed by atoms with E-state index in [9.17, 15) is 0 Å². The molecule has 4 rings (SSSR count). The summed E-state index contributed by atoms with van der Waals surface area (Å²) in [4.78, 5) is 14.4. The molecule has 1 aliphatic rings. The number of hydrogen-bond acceptors (Lipinski definition) is 4. The molecule has 1 aromatic carbocycles. The molecule has 0 unspecified atom stereocenters. The van der Waals surface area contributed by atoms with Gasteiger partial charge in [-0.25, -0.2) is 9.97 Å². The molecule has 3 heterocycles. The molecule has 1 fully saturated rings. The van der Waals surface area contributed by atoms with Crippen LogP contribution in [0.2, 0.25) is 0 Å². The fourth-order valence-electron chi connectivity index (χ4n) is 3.67. The number of hydrogen-bond donors (Lipinski definition) is 0.